The van der Waals surface area contributed by atoms with Gasteiger partial charge in [-0.3, -0.25) is 24.1 Å². The number of hydrogen-bond donors (Lipinski definition) is 0. The molecule has 1 aliphatic heterocycles. The minimum Gasteiger partial charge on any atom is -0.456 e. The van der Waals surface area contributed by atoms with E-state index in [1.165, 1.54) is 12.1 Å². The van der Waals surface area contributed by atoms with Crippen LogP contribution in [0, 0.1) is 29.5 Å². The van der Waals surface area contributed by atoms with Gasteiger partial charge in [-0.2, -0.15) is 0 Å². The second-order valence-electron chi connectivity index (χ2n) is 7.24. The van der Waals surface area contributed by atoms with Gasteiger partial charge in [0.15, 0.2) is 12.4 Å². The Labute approximate surface area is 149 Å². The average molecular weight is 359 g/mol. The fraction of sp³-hybridized carbons (Fsp3) is 0.474. The van der Waals surface area contributed by atoms with Gasteiger partial charge in [-0.15, -0.1) is 0 Å². The number of carbonyl (C=O) groups is 4. The van der Waals surface area contributed by atoms with Crippen LogP contribution in [-0.2, 0) is 19.1 Å². The van der Waals surface area contributed by atoms with Crippen molar-refractivity contribution in [1.29, 1.82) is 0 Å². The predicted octanol–water partition coefficient (Wildman–Crippen LogP) is 1.58. The third-order valence-electron chi connectivity index (χ3n) is 5.84. The van der Waals surface area contributed by atoms with Crippen LogP contribution in [-0.4, -0.2) is 41.6 Å². The van der Waals surface area contributed by atoms with Crippen LogP contribution in [0.4, 0.5) is 4.39 Å². The maximum atomic E-state index is 12.9. The number of nitrogens with zero attached hydrogens (tertiary/aromatic N) is 1. The van der Waals surface area contributed by atoms with Crippen molar-refractivity contribution in [1.82, 2.24) is 4.90 Å². The Hall–Kier alpha value is -2.57. The summed E-state index contributed by atoms with van der Waals surface area (Å²) in [5.74, 6) is -2.37. The summed E-state index contributed by atoms with van der Waals surface area (Å²) < 4.78 is 17.8. The molecule has 0 spiro atoms. The van der Waals surface area contributed by atoms with Crippen molar-refractivity contribution in [3.8, 4) is 0 Å². The molecule has 2 bridgehead atoms. The van der Waals surface area contributed by atoms with Crippen LogP contribution in [0.1, 0.15) is 29.6 Å². The SMILES string of the molecule is O=C(CN1C(=O)[C@H]2[C@@H]3CC[C@H](C3)[C@@H]2C1=O)OCC(=O)c1ccc(F)cc1. The molecule has 2 aliphatic carbocycles. The number of Topliss-reactive ketones (excluding diaryl/α,β-unsaturated/α-hetero) is 1. The summed E-state index contributed by atoms with van der Waals surface area (Å²) >= 11 is 0. The molecule has 6 nitrogen and oxygen atoms in total. The van der Waals surface area contributed by atoms with Gasteiger partial charge in [0.2, 0.25) is 11.8 Å². The summed E-state index contributed by atoms with van der Waals surface area (Å²) in [7, 11) is 0. The molecule has 3 fully saturated rings. The van der Waals surface area contributed by atoms with Crippen LogP contribution in [0.3, 0.4) is 0 Å². The van der Waals surface area contributed by atoms with E-state index in [2.05, 4.69) is 0 Å². The maximum absolute atomic E-state index is 12.9. The summed E-state index contributed by atoms with van der Waals surface area (Å²) in [5.41, 5.74) is 0.221. The van der Waals surface area contributed by atoms with Gasteiger partial charge < -0.3 is 4.74 Å². The number of halogens is 1. The van der Waals surface area contributed by atoms with Crippen molar-refractivity contribution < 1.29 is 28.3 Å². The molecule has 2 amide bonds. The number of ether oxygens (including phenoxy) is 1. The normalized spacial score (nSPS) is 29.2. The number of imide groups is 1. The van der Waals surface area contributed by atoms with Gasteiger partial charge >= 0.3 is 5.97 Å². The molecule has 136 valence electrons. The van der Waals surface area contributed by atoms with Gasteiger partial charge in [-0.25, -0.2) is 4.39 Å². The van der Waals surface area contributed by atoms with E-state index in [1.54, 1.807) is 0 Å². The van der Waals surface area contributed by atoms with E-state index in [0.29, 0.717) is 0 Å². The molecule has 1 heterocycles. The highest BCUT2D eigenvalue weighted by Gasteiger charge is 2.61. The molecule has 4 atom stereocenters. The van der Waals surface area contributed by atoms with Gasteiger partial charge in [0, 0.05) is 5.56 Å². The van der Waals surface area contributed by atoms with Crippen molar-refractivity contribution in [2.45, 2.75) is 19.3 Å². The molecule has 0 radical (unpaired) electrons. The molecule has 2 saturated carbocycles. The lowest BCUT2D eigenvalue weighted by atomic mass is 9.81. The second-order valence-corrected chi connectivity index (χ2v) is 7.24. The summed E-state index contributed by atoms with van der Waals surface area (Å²) in [5, 5.41) is 0. The molecule has 1 aromatic rings. The highest BCUT2D eigenvalue weighted by molar-refractivity contribution is 6.08. The largest absolute Gasteiger partial charge is 0.456 e. The molecule has 3 aliphatic rings. The smallest absolute Gasteiger partial charge is 0.326 e. The molecule has 0 N–H and O–H groups in total. The molecule has 0 unspecified atom stereocenters. The number of esters is 1. The topological polar surface area (TPSA) is 80.8 Å². The molecule has 4 rings (SSSR count). The van der Waals surface area contributed by atoms with E-state index >= 15 is 0 Å². The second kappa shape index (κ2) is 6.30. The van der Waals surface area contributed by atoms with Gasteiger partial charge in [-0.1, -0.05) is 0 Å². The van der Waals surface area contributed by atoms with Crippen LogP contribution in [0.5, 0.6) is 0 Å². The summed E-state index contributed by atoms with van der Waals surface area (Å²) in [6.07, 6.45) is 2.86. The molecular weight excluding hydrogens is 341 g/mol. The number of rotatable bonds is 5. The third kappa shape index (κ3) is 2.71. The zero-order chi connectivity index (χ0) is 18.4. The van der Waals surface area contributed by atoms with E-state index in [9.17, 15) is 23.6 Å². The molecular formula is C19H18FNO5. The Balaban J connectivity index is 1.34. The van der Waals surface area contributed by atoms with Crippen molar-refractivity contribution >= 4 is 23.6 Å². The van der Waals surface area contributed by atoms with Crippen LogP contribution >= 0.6 is 0 Å². The first kappa shape index (κ1) is 16.9. The zero-order valence-electron chi connectivity index (χ0n) is 14.0. The van der Waals surface area contributed by atoms with Gasteiger partial charge in [0.25, 0.3) is 0 Å². The fourth-order valence-electron chi connectivity index (χ4n) is 4.67. The number of hydrogen-bond acceptors (Lipinski definition) is 5. The van der Waals surface area contributed by atoms with Crippen LogP contribution in [0.15, 0.2) is 24.3 Å². The van der Waals surface area contributed by atoms with Crippen molar-refractivity contribution in [3.63, 3.8) is 0 Å². The number of amides is 2. The minimum atomic E-state index is -0.797. The van der Waals surface area contributed by atoms with E-state index in [0.717, 1.165) is 36.3 Å². The van der Waals surface area contributed by atoms with E-state index in [4.69, 9.17) is 4.74 Å². The van der Waals surface area contributed by atoms with Crippen molar-refractivity contribution in [3.05, 3.63) is 35.6 Å². The summed E-state index contributed by atoms with van der Waals surface area (Å²) in [6.45, 7) is -0.973. The van der Waals surface area contributed by atoms with Gasteiger partial charge in [-0.05, 0) is 55.4 Å². The lowest BCUT2D eigenvalue weighted by Crippen LogP contribution is -2.38. The van der Waals surface area contributed by atoms with Gasteiger partial charge in [0.05, 0.1) is 11.8 Å². The Morgan fingerprint density at radius 1 is 1.04 bits per heavy atom. The lowest BCUT2D eigenvalue weighted by molar-refractivity contribution is -0.152. The Morgan fingerprint density at radius 3 is 2.19 bits per heavy atom. The van der Waals surface area contributed by atoms with E-state index in [1.807, 2.05) is 0 Å². The number of likely N-dealkylation sites (tertiary alicyclic amines) is 1. The lowest BCUT2D eigenvalue weighted by Gasteiger charge is -2.19. The summed E-state index contributed by atoms with van der Waals surface area (Å²) in [4.78, 5) is 49.9. The first-order valence-electron chi connectivity index (χ1n) is 8.75. The molecule has 1 saturated heterocycles. The summed E-state index contributed by atoms with van der Waals surface area (Å²) in [6, 6.07) is 4.89. The highest BCUT2D eigenvalue weighted by atomic mass is 19.1. The molecule has 7 heteroatoms. The average Bonchev–Trinajstić information content (AvgIpc) is 3.30. The van der Waals surface area contributed by atoms with Crippen molar-refractivity contribution in [2.75, 3.05) is 13.2 Å². The highest BCUT2D eigenvalue weighted by Crippen LogP contribution is 2.56. The standard InChI is InChI=1S/C19H18FNO5/c20-13-5-3-10(4-6-13)14(22)9-26-15(23)8-21-18(24)16-11-1-2-12(7-11)17(16)19(21)25/h3-6,11-12,16-17H,1-2,7-9H2/t11-,12-,16+,17+/m1/s1. The number of fused-ring (bicyclic) bond motifs is 5. The zero-order valence-corrected chi connectivity index (χ0v) is 14.0. The predicted molar refractivity (Wildman–Crippen MR) is 86.2 cm³/mol. The minimum absolute atomic E-state index is 0.221. The third-order valence-corrected chi connectivity index (χ3v) is 5.84. The van der Waals surface area contributed by atoms with Crippen LogP contribution in [0.2, 0.25) is 0 Å². The molecule has 1 aromatic carbocycles. The van der Waals surface area contributed by atoms with E-state index in [-0.39, 0.29) is 41.0 Å². The monoisotopic (exact) mass is 359 g/mol. The maximum Gasteiger partial charge on any atom is 0.326 e. The Kier molecular flexibility index (Phi) is 4.09. The van der Waals surface area contributed by atoms with E-state index < -0.39 is 30.7 Å². The number of carbonyl (C=O) groups excluding carboxylic acids is 4. The Bertz CT molecular complexity index is 762. The van der Waals surface area contributed by atoms with Crippen molar-refractivity contribution in [2.24, 2.45) is 23.7 Å². The van der Waals surface area contributed by atoms with Crippen LogP contribution < -0.4 is 0 Å². The molecule has 26 heavy (non-hydrogen) atoms. The Morgan fingerprint density at radius 2 is 1.62 bits per heavy atom. The first-order chi connectivity index (χ1) is 12.5. The van der Waals surface area contributed by atoms with Gasteiger partial charge in [0.1, 0.15) is 12.4 Å². The molecule has 0 aromatic heterocycles. The quantitative estimate of drug-likeness (QED) is 0.453. The number of ketones is 1. The fourth-order valence-corrected chi connectivity index (χ4v) is 4.67. The first-order valence-corrected chi connectivity index (χ1v) is 8.75. The number of benzene rings is 1. The van der Waals surface area contributed by atoms with Crippen LogP contribution in [0.25, 0.3) is 0 Å².